The number of hydrogen-bond acceptors (Lipinski definition) is 3. The average Bonchev–Trinajstić information content (AvgIpc) is 2.58. The molecule has 6 heteroatoms. The minimum absolute atomic E-state index is 0.0346. The van der Waals surface area contributed by atoms with E-state index in [0.717, 1.165) is 5.56 Å². The van der Waals surface area contributed by atoms with Crippen molar-refractivity contribution >= 4 is 11.8 Å². The molecule has 0 aromatic heterocycles. The van der Waals surface area contributed by atoms with Crippen molar-refractivity contribution in [3.05, 3.63) is 65.5 Å². The second-order valence-corrected chi connectivity index (χ2v) is 6.55. The molecule has 132 valence electrons. The molecule has 5 nitrogen and oxygen atoms in total. The van der Waals surface area contributed by atoms with Gasteiger partial charge in [0.2, 0.25) is 0 Å². The molecule has 0 heterocycles. The third-order valence-electron chi connectivity index (χ3n) is 3.52. The highest BCUT2D eigenvalue weighted by atomic mass is 19.1. The van der Waals surface area contributed by atoms with Crippen molar-refractivity contribution in [1.29, 1.82) is 0 Å². The molecule has 0 saturated heterocycles. The lowest BCUT2D eigenvalue weighted by molar-refractivity contribution is -0.123. The Morgan fingerprint density at radius 3 is 2.24 bits per heavy atom. The van der Waals surface area contributed by atoms with Crippen LogP contribution in [0.3, 0.4) is 0 Å². The summed E-state index contributed by atoms with van der Waals surface area (Å²) in [6.45, 7) is 6.05. The van der Waals surface area contributed by atoms with Gasteiger partial charge in [0, 0.05) is 0 Å². The predicted octanol–water partition coefficient (Wildman–Crippen LogP) is 2.96. The van der Waals surface area contributed by atoms with E-state index in [1.165, 1.54) is 24.3 Å². The van der Waals surface area contributed by atoms with Crippen LogP contribution in [0, 0.1) is 5.82 Å². The van der Waals surface area contributed by atoms with E-state index in [-0.39, 0.29) is 17.6 Å². The van der Waals surface area contributed by atoms with Crippen LogP contribution in [0.5, 0.6) is 5.75 Å². The van der Waals surface area contributed by atoms with Crippen molar-refractivity contribution in [2.45, 2.75) is 26.2 Å². The molecule has 0 aliphatic rings. The Kier molecular flexibility index (Phi) is 5.75. The van der Waals surface area contributed by atoms with Crippen LogP contribution >= 0.6 is 0 Å². The zero-order chi connectivity index (χ0) is 18.4. The van der Waals surface area contributed by atoms with Crippen molar-refractivity contribution in [2.75, 3.05) is 6.61 Å². The summed E-state index contributed by atoms with van der Waals surface area (Å²) in [6.07, 6.45) is 0. The first-order chi connectivity index (χ1) is 11.8. The Morgan fingerprint density at radius 1 is 1.00 bits per heavy atom. The number of carbonyl (C=O) groups excluding carboxylic acids is 2. The third-order valence-corrected chi connectivity index (χ3v) is 3.52. The van der Waals surface area contributed by atoms with Gasteiger partial charge in [-0.05, 0) is 35.2 Å². The lowest BCUT2D eigenvalue weighted by atomic mass is 9.87. The molecule has 0 aliphatic carbocycles. The first kappa shape index (κ1) is 18.4. The van der Waals surface area contributed by atoms with Gasteiger partial charge < -0.3 is 4.74 Å². The molecule has 25 heavy (non-hydrogen) atoms. The first-order valence-electron chi connectivity index (χ1n) is 7.84. The van der Waals surface area contributed by atoms with Crippen LogP contribution in [0.25, 0.3) is 0 Å². The highest BCUT2D eigenvalue weighted by Crippen LogP contribution is 2.24. The molecule has 0 unspecified atom stereocenters. The van der Waals surface area contributed by atoms with Gasteiger partial charge in [0.15, 0.2) is 6.61 Å². The van der Waals surface area contributed by atoms with Crippen LogP contribution in [0.2, 0.25) is 0 Å². The van der Waals surface area contributed by atoms with E-state index in [1.807, 2.05) is 12.1 Å². The number of hydrogen-bond donors (Lipinski definition) is 2. The molecular formula is C19H21FN2O3. The van der Waals surface area contributed by atoms with Crippen LogP contribution in [-0.2, 0) is 10.2 Å². The Labute approximate surface area is 146 Å². The predicted molar refractivity (Wildman–Crippen MR) is 92.6 cm³/mol. The normalized spacial score (nSPS) is 10.9. The number of halogens is 1. The summed E-state index contributed by atoms with van der Waals surface area (Å²) in [4.78, 5) is 23.5. The van der Waals surface area contributed by atoms with Gasteiger partial charge >= 0.3 is 0 Å². The van der Waals surface area contributed by atoms with E-state index in [4.69, 9.17) is 4.74 Å². The fraction of sp³-hybridized carbons (Fsp3) is 0.263. The van der Waals surface area contributed by atoms with Gasteiger partial charge in [-0.3, -0.25) is 20.4 Å². The molecule has 2 N–H and O–H groups in total. The van der Waals surface area contributed by atoms with Crippen LogP contribution in [0.1, 0.15) is 36.7 Å². The second kappa shape index (κ2) is 7.79. The Hall–Kier alpha value is -2.89. The van der Waals surface area contributed by atoms with Gasteiger partial charge in [-0.25, -0.2) is 4.39 Å². The highest BCUT2D eigenvalue weighted by Gasteiger charge is 2.14. The van der Waals surface area contributed by atoms with Crippen LogP contribution in [0.4, 0.5) is 4.39 Å². The fourth-order valence-corrected chi connectivity index (χ4v) is 2.08. The van der Waals surface area contributed by atoms with E-state index in [0.29, 0.717) is 5.75 Å². The summed E-state index contributed by atoms with van der Waals surface area (Å²) in [5.41, 5.74) is 5.37. The van der Waals surface area contributed by atoms with Crippen molar-refractivity contribution < 1.29 is 18.7 Å². The Bertz CT molecular complexity index is 752. The van der Waals surface area contributed by atoms with E-state index in [2.05, 4.69) is 31.6 Å². The molecule has 0 fully saturated rings. The SMILES string of the molecule is CC(C)(C)c1ccc(OCC(=O)NNC(=O)c2ccccc2F)cc1. The van der Waals surface area contributed by atoms with Crippen LogP contribution in [0.15, 0.2) is 48.5 Å². The summed E-state index contributed by atoms with van der Waals surface area (Å²) < 4.78 is 18.8. The van der Waals surface area contributed by atoms with E-state index in [9.17, 15) is 14.0 Å². The summed E-state index contributed by atoms with van der Waals surface area (Å²) in [5.74, 6) is -1.40. The number of ether oxygens (including phenoxy) is 1. The zero-order valence-electron chi connectivity index (χ0n) is 14.4. The van der Waals surface area contributed by atoms with Gasteiger partial charge in [0.05, 0.1) is 5.56 Å². The summed E-state index contributed by atoms with van der Waals surface area (Å²) in [7, 11) is 0. The topological polar surface area (TPSA) is 67.4 Å². The van der Waals surface area contributed by atoms with E-state index in [1.54, 1.807) is 12.1 Å². The van der Waals surface area contributed by atoms with Gasteiger partial charge in [0.1, 0.15) is 11.6 Å². The maximum Gasteiger partial charge on any atom is 0.276 e. The Morgan fingerprint density at radius 2 is 1.64 bits per heavy atom. The third kappa shape index (κ3) is 5.31. The largest absolute Gasteiger partial charge is 0.484 e. The van der Waals surface area contributed by atoms with Crippen LogP contribution < -0.4 is 15.6 Å². The number of carbonyl (C=O) groups is 2. The lowest BCUT2D eigenvalue weighted by Gasteiger charge is -2.19. The first-order valence-corrected chi connectivity index (χ1v) is 7.84. The summed E-state index contributed by atoms with van der Waals surface area (Å²) >= 11 is 0. The number of amides is 2. The minimum atomic E-state index is -0.735. The van der Waals surface area contributed by atoms with Gasteiger partial charge in [-0.15, -0.1) is 0 Å². The zero-order valence-corrected chi connectivity index (χ0v) is 14.4. The molecule has 0 bridgehead atoms. The number of hydrazine groups is 1. The van der Waals surface area contributed by atoms with Crippen molar-refractivity contribution in [3.63, 3.8) is 0 Å². The number of rotatable bonds is 4. The molecule has 2 rings (SSSR count). The maximum atomic E-state index is 13.5. The van der Waals surface area contributed by atoms with E-state index < -0.39 is 17.6 Å². The molecule has 0 atom stereocenters. The average molecular weight is 344 g/mol. The van der Waals surface area contributed by atoms with E-state index >= 15 is 0 Å². The Balaban J connectivity index is 1.81. The van der Waals surface area contributed by atoms with Crippen LogP contribution in [-0.4, -0.2) is 18.4 Å². The van der Waals surface area contributed by atoms with Gasteiger partial charge in [-0.1, -0.05) is 45.0 Å². The molecule has 0 saturated carbocycles. The van der Waals surface area contributed by atoms with Gasteiger partial charge in [-0.2, -0.15) is 0 Å². The maximum absolute atomic E-state index is 13.5. The number of benzene rings is 2. The standard InChI is InChI=1S/C19H21FN2O3/c1-19(2,3)13-8-10-14(11-9-13)25-12-17(23)21-22-18(24)15-6-4-5-7-16(15)20/h4-11H,12H2,1-3H3,(H,21,23)(H,22,24). The van der Waals surface area contributed by atoms with Crippen molar-refractivity contribution in [1.82, 2.24) is 10.9 Å². The van der Waals surface area contributed by atoms with Crippen molar-refractivity contribution in [3.8, 4) is 5.75 Å². The summed E-state index contributed by atoms with van der Waals surface area (Å²) in [5, 5.41) is 0. The minimum Gasteiger partial charge on any atom is -0.484 e. The lowest BCUT2D eigenvalue weighted by Crippen LogP contribution is -2.44. The number of nitrogens with one attached hydrogen (secondary N) is 2. The quantitative estimate of drug-likeness (QED) is 0.838. The monoisotopic (exact) mass is 344 g/mol. The molecule has 2 aromatic carbocycles. The fourth-order valence-electron chi connectivity index (χ4n) is 2.08. The molecular weight excluding hydrogens is 323 g/mol. The van der Waals surface area contributed by atoms with Gasteiger partial charge in [0.25, 0.3) is 11.8 Å². The molecule has 2 amide bonds. The molecule has 0 radical (unpaired) electrons. The molecule has 2 aromatic rings. The van der Waals surface area contributed by atoms with Crippen molar-refractivity contribution in [2.24, 2.45) is 0 Å². The second-order valence-electron chi connectivity index (χ2n) is 6.55. The summed E-state index contributed by atoms with van der Waals surface area (Å²) in [6, 6.07) is 12.9. The molecule has 0 aliphatic heterocycles. The molecule has 0 spiro atoms. The smallest absolute Gasteiger partial charge is 0.276 e. The highest BCUT2D eigenvalue weighted by molar-refractivity contribution is 5.95.